The molecule has 4 heteroatoms. The molecule has 76 valence electrons. The van der Waals surface area contributed by atoms with E-state index in [-0.39, 0.29) is 12.2 Å². The number of primary amides is 1. The molecular weight excluding hydrogens is 168 g/mol. The van der Waals surface area contributed by atoms with E-state index in [1.165, 1.54) is 0 Å². The summed E-state index contributed by atoms with van der Waals surface area (Å²) in [5.74, 6) is -0.453. The van der Waals surface area contributed by atoms with E-state index in [4.69, 9.17) is 11.5 Å². The molecule has 0 aromatic carbocycles. The van der Waals surface area contributed by atoms with Crippen LogP contribution in [0.15, 0.2) is 0 Å². The number of amides is 1. The van der Waals surface area contributed by atoms with Crippen molar-refractivity contribution in [2.75, 3.05) is 0 Å². The van der Waals surface area contributed by atoms with E-state index in [1.807, 2.05) is 0 Å². The average molecular weight is 186 g/mol. The molecule has 13 heavy (non-hydrogen) atoms. The fourth-order valence-corrected chi connectivity index (χ4v) is 0.985. The van der Waals surface area contributed by atoms with Gasteiger partial charge in [-0.1, -0.05) is 20.8 Å². The van der Waals surface area contributed by atoms with Crippen LogP contribution in [0.2, 0.25) is 0 Å². The van der Waals surface area contributed by atoms with Gasteiger partial charge >= 0.3 is 0 Å². The smallest absolute Gasteiger partial charge is 0.217 e. The normalized spacial score (nSPS) is 13.8. The van der Waals surface area contributed by atoms with E-state index in [9.17, 15) is 9.59 Å². The predicted octanol–water partition coefficient (Wildman–Crippen LogP) is 0.194. The molecule has 0 aromatic rings. The predicted molar refractivity (Wildman–Crippen MR) is 50.9 cm³/mol. The second-order valence-corrected chi connectivity index (χ2v) is 4.23. The molecule has 1 atom stereocenters. The van der Waals surface area contributed by atoms with E-state index < -0.39 is 17.4 Å². The molecule has 0 aliphatic rings. The Morgan fingerprint density at radius 1 is 1.31 bits per heavy atom. The highest BCUT2D eigenvalue weighted by atomic mass is 16.1. The molecule has 1 unspecified atom stereocenters. The molecule has 0 rings (SSSR count). The van der Waals surface area contributed by atoms with Gasteiger partial charge in [-0.25, -0.2) is 0 Å². The summed E-state index contributed by atoms with van der Waals surface area (Å²) in [4.78, 5) is 21.9. The Hall–Kier alpha value is -0.900. The lowest BCUT2D eigenvalue weighted by molar-refractivity contribution is -0.127. The lowest BCUT2D eigenvalue weighted by atomic mass is 9.85. The first-order valence-corrected chi connectivity index (χ1v) is 4.33. The molecule has 0 fully saturated rings. The molecule has 0 heterocycles. The van der Waals surface area contributed by atoms with Crippen LogP contribution in [0.4, 0.5) is 0 Å². The number of carbonyl (C=O) groups excluding carboxylic acids is 2. The minimum absolute atomic E-state index is 0.0336. The van der Waals surface area contributed by atoms with E-state index in [0.29, 0.717) is 6.42 Å². The minimum atomic E-state index is -0.576. The molecule has 1 amide bonds. The van der Waals surface area contributed by atoms with E-state index in [0.717, 1.165) is 0 Å². The molecule has 4 nitrogen and oxygen atoms in total. The number of hydrogen-bond acceptors (Lipinski definition) is 3. The van der Waals surface area contributed by atoms with Crippen LogP contribution in [0.3, 0.4) is 0 Å². The van der Waals surface area contributed by atoms with Gasteiger partial charge in [-0.05, 0) is 6.42 Å². The van der Waals surface area contributed by atoms with E-state index in [1.54, 1.807) is 20.8 Å². The van der Waals surface area contributed by atoms with Gasteiger partial charge in [0.15, 0.2) is 5.78 Å². The molecule has 0 aliphatic heterocycles. The first-order chi connectivity index (χ1) is 5.75. The third-order valence-electron chi connectivity index (χ3n) is 1.78. The topological polar surface area (TPSA) is 86.2 Å². The molecule has 0 radical (unpaired) electrons. The van der Waals surface area contributed by atoms with Crippen LogP contribution in [0, 0.1) is 5.41 Å². The Morgan fingerprint density at radius 3 is 2.08 bits per heavy atom. The maximum absolute atomic E-state index is 11.5. The largest absolute Gasteiger partial charge is 0.370 e. The van der Waals surface area contributed by atoms with Crippen molar-refractivity contribution in [2.24, 2.45) is 16.9 Å². The van der Waals surface area contributed by atoms with Crippen molar-refractivity contribution in [3.05, 3.63) is 0 Å². The van der Waals surface area contributed by atoms with Gasteiger partial charge in [-0.2, -0.15) is 0 Å². The van der Waals surface area contributed by atoms with Gasteiger partial charge in [-0.15, -0.1) is 0 Å². The highest BCUT2D eigenvalue weighted by molar-refractivity contribution is 5.89. The van der Waals surface area contributed by atoms with Crippen molar-refractivity contribution in [3.8, 4) is 0 Å². The minimum Gasteiger partial charge on any atom is -0.370 e. The third kappa shape index (κ3) is 4.62. The summed E-state index contributed by atoms with van der Waals surface area (Å²) in [6, 6.07) is -0.576. The molecule has 4 N–H and O–H groups in total. The Bertz CT molecular complexity index is 206. The van der Waals surface area contributed by atoms with E-state index in [2.05, 4.69) is 0 Å². The van der Waals surface area contributed by atoms with Crippen LogP contribution >= 0.6 is 0 Å². The van der Waals surface area contributed by atoms with E-state index >= 15 is 0 Å². The Kier molecular flexibility index (Phi) is 4.07. The highest BCUT2D eigenvalue weighted by Gasteiger charge is 2.26. The fraction of sp³-hybridized carbons (Fsp3) is 0.778. The number of ketones is 1. The quantitative estimate of drug-likeness (QED) is 0.657. The average Bonchev–Trinajstić information content (AvgIpc) is 1.96. The molecule has 0 saturated heterocycles. The van der Waals surface area contributed by atoms with Gasteiger partial charge in [0.2, 0.25) is 5.91 Å². The highest BCUT2D eigenvalue weighted by Crippen LogP contribution is 2.17. The van der Waals surface area contributed by atoms with Crippen molar-refractivity contribution in [1.82, 2.24) is 0 Å². The SMILES string of the molecule is CC(C)(C)C(=O)C(N)CCC(N)=O. The summed E-state index contributed by atoms with van der Waals surface area (Å²) in [5, 5.41) is 0. The van der Waals surface area contributed by atoms with Crippen molar-refractivity contribution in [1.29, 1.82) is 0 Å². The molecule has 0 aliphatic carbocycles. The maximum atomic E-state index is 11.5. The zero-order valence-corrected chi connectivity index (χ0v) is 8.46. The van der Waals surface area contributed by atoms with Gasteiger partial charge in [0, 0.05) is 11.8 Å². The van der Waals surface area contributed by atoms with Gasteiger partial charge in [0.05, 0.1) is 6.04 Å². The molecule has 0 saturated carbocycles. The second-order valence-electron chi connectivity index (χ2n) is 4.23. The molecule has 0 bridgehead atoms. The zero-order valence-electron chi connectivity index (χ0n) is 8.46. The van der Waals surface area contributed by atoms with Crippen LogP contribution in [-0.2, 0) is 9.59 Å². The summed E-state index contributed by atoms with van der Waals surface area (Å²) in [6.07, 6.45) is 0.508. The number of Topliss-reactive ketones (excluding diaryl/α,β-unsaturated/α-hetero) is 1. The fourth-order valence-electron chi connectivity index (χ4n) is 0.985. The van der Waals surface area contributed by atoms with Crippen molar-refractivity contribution in [2.45, 2.75) is 39.7 Å². The number of carbonyl (C=O) groups is 2. The number of rotatable bonds is 4. The van der Waals surface area contributed by atoms with Crippen molar-refractivity contribution in [3.63, 3.8) is 0 Å². The summed E-state index contributed by atoms with van der Waals surface area (Å²) >= 11 is 0. The lowest BCUT2D eigenvalue weighted by Gasteiger charge is -2.21. The maximum Gasteiger partial charge on any atom is 0.217 e. The molecule has 0 aromatic heterocycles. The molecule has 0 spiro atoms. The monoisotopic (exact) mass is 186 g/mol. The number of hydrogen-bond donors (Lipinski definition) is 2. The van der Waals surface area contributed by atoms with Gasteiger partial charge in [0.1, 0.15) is 0 Å². The van der Waals surface area contributed by atoms with Crippen LogP contribution in [-0.4, -0.2) is 17.7 Å². The van der Waals surface area contributed by atoms with Crippen molar-refractivity contribution < 1.29 is 9.59 Å². The third-order valence-corrected chi connectivity index (χ3v) is 1.78. The van der Waals surface area contributed by atoms with Crippen LogP contribution in [0.5, 0.6) is 0 Å². The van der Waals surface area contributed by atoms with Crippen LogP contribution < -0.4 is 11.5 Å². The summed E-state index contributed by atoms with van der Waals surface area (Å²) in [5.41, 5.74) is 10.1. The second kappa shape index (κ2) is 4.37. The van der Waals surface area contributed by atoms with Crippen molar-refractivity contribution >= 4 is 11.7 Å². The summed E-state index contributed by atoms with van der Waals surface area (Å²) in [6.45, 7) is 5.42. The molecular formula is C9H18N2O2. The van der Waals surface area contributed by atoms with Crippen LogP contribution in [0.1, 0.15) is 33.6 Å². The zero-order chi connectivity index (χ0) is 10.6. The Balaban J connectivity index is 4.05. The first-order valence-electron chi connectivity index (χ1n) is 4.33. The number of nitrogens with two attached hydrogens (primary N) is 2. The van der Waals surface area contributed by atoms with Crippen LogP contribution in [0.25, 0.3) is 0 Å². The standard InChI is InChI=1S/C9H18N2O2/c1-9(2,3)8(13)6(10)4-5-7(11)12/h6H,4-5,10H2,1-3H3,(H2,11,12). The Morgan fingerprint density at radius 2 is 1.77 bits per heavy atom. The summed E-state index contributed by atoms with van der Waals surface area (Å²) < 4.78 is 0. The lowest BCUT2D eigenvalue weighted by Crippen LogP contribution is -2.39. The van der Waals surface area contributed by atoms with Gasteiger partial charge in [-0.3, -0.25) is 9.59 Å². The summed E-state index contributed by atoms with van der Waals surface area (Å²) in [7, 11) is 0. The first kappa shape index (κ1) is 12.1. The Labute approximate surface area is 78.7 Å². The van der Waals surface area contributed by atoms with Gasteiger partial charge in [0.25, 0.3) is 0 Å². The van der Waals surface area contributed by atoms with Gasteiger partial charge < -0.3 is 11.5 Å².